The first-order valence-electron chi connectivity index (χ1n) is 4.87. The number of ether oxygens (including phenoxy) is 1. The van der Waals surface area contributed by atoms with Crippen molar-refractivity contribution in [2.45, 2.75) is 12.8 Å². The van der Waals surface area contributed by atoms with Crippen LogP contribution in [0.2, 0.25) is 0 Å². The third kappa shape index (κ3) is 1.87. The molecule has 2 rings (SSSR count). The molecule has 0 saturated heterocycles. The Labute approximate surface area is 84.7 Å². The summed E-state index contributed by atoms with van der Waals surface area (Å²) in [5.74, 6) is 0.980. The maximum absolute atomic E-state index is 5.30. The average molecular weight is 186 g/mol. The highest BCUT2D eigenvalue weighted by Gasteiger charge is 2.04. The Morgan fingerprint density at radius 2 is 2.14 bits per heavy atom. The number of hydrogen-bond acceptors (Lipinski definition) is 1. The van der Waals surface area contributed by atoms with Crippen molar-refractivity contribution < 1.29 is 4.74 Å². The lowest BCUT2D eigenvalue weighted by molar-refractivity contribution is 0.410. The minimum absolute atomic E-state index is 0.973. The molecular formula is C13H14O. The van der Waals surface area contributed by atoms with Crippen LogP contribution in [0.5, 0.6) is 5.75 Å². The van der Waals surface area contributed by atoms with Gasteiger partial charge in [-0.1, -0.05) is 36.4 Å². The normalized spacial score (nSPS) is 14.2. The van der Waals surface area contributed by atoms with E-state index in [4.69, 9.17) is 4.74 Å². The third-order valence-corrected chi connectivity index (χ3v) is 2.44. The zero-order valence-corrected chi connectivity index (χ0v) is 8.36. The fourth-order valence-electron chi connectivity index (χ4n) is 1.71. The topological polar surface area (TPSA) is 9.23 Å². The molecule has 0 spiro atoms. The van der Waals surface area contributed by atoms with Crippen LogP contribution < -0.4 is 4.74 Å². The maximum Gasteiger partial charge on any atom is 0.122 e. The Hall–Kier alpha value is -1.50. The number of allylic oxidation sites excluding steroid dienone is 4. The molecule has 0 heterocycles. The van der Waals surface area contributed by atoms with Gasteiger partial charge in [-0.25, -0.2) is 0 Å². The number of rotatable bonds is 3. The van der Waals surface area contributed by atoms with Crippen molar-refractivity contribution in [2.75, 3.05) is 7.11 Å². The number of para-hydroxylation sites is 1. The molecule has 1 aliphatic carbocycles. The third-order valence-electron chi connectivity index (χ3n) is 2.44. The van der Waals surface area contributed by atoms with Gasteiger partial charge in [-0.05, 0) is 23.6 Å². The van der Waals surface area contributed by atoms with Crippen LogP contribution in [0.1, 0.15) is 12.0 Å². The van der Waals surface area contributed by atoms with Gasteiger partial charge in [0.2, 0.25) is 0 Å². The van der Waals surface area contributed by atoms with Crippen molar-refractivity contribution in [1.82, 2.24) is 0 Å². The molecule has 0 bridgehead atoms. The van der Waals surface area contributed by atoms with E-state index in [1.54, 1.807) is 7.11 Å². The Bertz CT molecular complexity index is 375. The van der Waals surface area contributed by atoms with E-state index in [9.17, 15) is 0 Å². The van der Waals surface area contributed by atoms with E-state index in [1.807, 2.05) is 12.1 Å². The van der Waals surface area contributed by atoms with E-state index in [-0.39, 0.29) is 0 Å². The smallest absolute Gasteiger partial charge is 0.122 e. The van der Waals surface area contributed by atoms with Gasteiger partial charge in [-0.15, -0.1) is 0 Å². The largest absolute Gasteiger partial charge is 0.496 e. The highest BCUT2D eigenvalue weighted by Crippen LogP contribution is 2.22. The minimum atomic E-state index is 0.973. The Morgan fingerprint density at radius 3 is 2.86 bits per heavy atom. The predicted molar refractivity (Wildman–Crippen MR) is 58.5 cm³/mol. The molecular weight excluding hydrogens is 172 g/mol. The van der Waals surface area contributed by atoms with Gasteiger partial charge in [0.25, 0.3) is 0 Å². The number of hydrogen-bond donors (Lipinski definition) is 0. The van der Waals surface area contributed by atoms with Gasteiger partial charge in [-0.2, -0.15) is 0 Å². The highest BCUT2D eigenvalue weighted by atomic mass is 16.5. The lowest BCUT2D eigenvalue weighted by Gasteiger charge is -2.07. The van der Waals surface area contributed by atoms with E-state index in [2.05, 4.69) is 30.4 Å². The zero-order valence-electron chi connectivity index (χ0n) is 8.36. The van der Waals surface area contributed by atoms with Crippen LogP contribution in [0.4, 0.5) is 0 Å². The molecule has 0 saturated carbocycles. The second-order valence-corrected chi connectivity index (χ2v) is 3.41. The van der Waals surface area contributed by atoms with Crippen LogP contribution >= 0.6 is 0 Å². The van der Waals surface area contributed by atoms with Crippen molar-refractivity contribution in [3.8, 4) is 5.75 Å². The average Bonchev–Trinajstić information content (AvgIpc) is 2.71. The van der Waals surface area contributed by atoms with E-state index >= 15 is 0 Å². The van der Waals surface area contributed by atoms with Gasteiger partial charge >= 0.3 is 0 Å². The summed E-state index contributed by atoms with van der Waals surface area (Å²) in [5, 5.41) is 0. The Balaban J connectivity index is 2.19. The molecule has 1 aromatic rings. The second kappa shape index (κ2) is 4.14. The van der Waals surface area contributed by atoms with Crippen LogP contribution in [0.25, 0.3) is 0 Å². The van der Waals surface area contributed by atoms with Gasteiger partial charge in [0.1, 0.15) is 5.75 Å². The highest BCUT2D eigenvalue weighted by molar-refractivity contribution is 5.40. The van der Waals surface area contributed by atoms with Crippen molar-refractivity contribution in [1.29, 1.82) is 0 Å². The van der Waals surface area contributed by atoms with E-state index in [1.165, 1.54) is 11.1 Å². The van der Waals surface area contributed by atoms with Crippen molar-refractivity contribution in [2.24, 2.45) is 0 Å². The predicted octanol–water partition coefficient (Wildman–Crippen LogP) is 3.12. The lowest BCUT2D eigenvalue weighted by atomic mass is 10.1. The molecule has 0 radical (unpaired) electrons. The quantitative estimate of drug-likeness (QED) is 0.704. The fraction of sp³-hybridized carbons (Fsp3) is 0.231. The van der Waals surface area contributed by atoms with Crippen molar-refractivity contribution in [3.63, 3.8) is 0 Å². The molecule has 1 aromatic carbocycles. The minimum Gasteiger partial charge on any atom is -0.496 e. The molecule has 0 unspecified atom stereocenters. The van der Waals surface area contributed by atoms with Crippen LogP contribution in [0, 0.1) is 0 Å². The molecule has 0 amide bonds. The molecule has 1 heteroatoms. The van der Waals surface area contributed by atoms with Gasteiger partial charge in [0.15, 0.2) is 0 Å². The number of benzene rings is 1. The fourth-order valence-corrected chi connectivity index (χ4v) is 1.71. The van der Waals surface area contributed by atoms with Crippen LogP contribution in [0.15, 0.2) is 48.1 Å². The summed E-state index contributed by atoms with van der Waals surface area (Å²) in [6.07, 6.45) is 8.68. The van der Waals surface area contributed by atoms with Gasteiger partial charge in [0.05, 0.1) is 7.11 Å². The first-order valence-corrected chi connectivity index (χ1v) is 4.87. The van der Waals surface area contributed by atoms with Crippen LogP contribution in [-0.4, -0.2) is 7.11 Å². The molecule has 0 aliphatic heterocycles. The first kappa shape index (κ1) is 9.07. The van der Waals surface area contributed by atoms with E-state index < -0.39 is 0 Å². The zero-order chi connectivity index (χ0) is 9.80. The van der Waals surface area contributed by atoms with Crippen LogP contribution in [0.3, 0.4) is 0 Å². The maximum atomic E-state index is 5.30. The number of methoxy groups -OCH3 is 1. The summed E-state index contributed by atoms with van der Waals surface area (Å²) in [6, 6.07) is 8.18. The summed E-state index contributed by atoms with van der Waals surface area (Å²) in [6.45, 7) is 0. The second-order valence-electron chi connectivity index (χ2n) is 3.41. The van der Waals surface area contributed by atoms with E-state index in [0.29, 0.717) is 0 Å². The first-order chi connectivity index (χ1) is 6.90. The summed E-state index contributed by atoms with van der Waals surface area (Å²) in [7, 11) is 1.72. The SMILES string of the molecule is COc1ccccc1CC1=CCC=C1. The van der Waals surface area contributed by atoms with Crippen molar-refractivity contribution in [3.05, 3.63) is 53.6 Å². The molecule has 0 fully saturated rings. The molecule has 1 nitrogen and oxygen atoms in total. The molecule has 0 aromatic heterocycles. The molecule has 1 aliphatic rings. The molecule has 0 N–H and O–H groups in total. The van der Waals surface area contributed by atoms with Gasteiger partial charge in [0, 0.05) is 6.42 Å². The van der Waals surface area contributed by atoms with Gasteiger partial charge in [-0.3, -0.25) is 0 Å². The molecule has 0 atom stereocenters. The summed E-state index contributed by atoms with van der Waals surface area (Å²) < 4.78 is 5.30. The summed E-state index contributed by atoms with van der Waals surface area (Å²) in [5.41, 5.74) is 2.64. The van der Waals surface area contributed by atoms with Gasteiger partial charge < -0.3 is 4.74 Å². The Morgan fingerprint density at radius 1 is 1.29 bits per heavy atom. The standard InChI is InChI=1S/C13H14O/c1-14-13-9-5-4-8-12(13)10-11-6-2-3-7-11/h2,4-9H,3,10H2,1H3. The lowest BCUT2D eigenvalue weighted by Crippen LogP contribution is -1.92. The van der Waals surface area contributed by atoms with Crippen molar-refractivity contribution >= 4 is 0 Å². The Kier molecular flexibility index (Phi) is 2.68. The summed E-state index contributed by atoms with van der Waals surface area (Å²) in [4.78, 5) is 0. The molecule has 14 heavy (non-hydrogen) atoms. The summed E-state index contributed by atoms with van der Waals surface area (Å²) >= 11 is 0. The molecule has 72 valence electrons. The monoisotopic (exact) mass is 186 g/mol. The van der Waals surface area contributed by atoms with Crippen LogP contribution in [-0.2, 0) is 6.42 Å². The van der Waals surface area contributed by atoms with E-state index in [0.717, 1.165) is 18.6 Å².